The summed E-state index contributed by atoms with van der Waals surface area (Å²) >= 11 is 1.45. The third-order valence-electron chi connectivity index (χ3n) is 0.415. The van der Waals surface area contributed by atoms with Crippen LogP contribution in [0, 0.1) is 6.92 Å². The number of halogens is 5. The van der Waals surface area contributed by atoms with Crippen molar-refractivity contribution >= 4 is 15.9 Å². The van der Waals surface area contributed by atoms with Crippen LogP contribution in [0.4, 0.5) is 17.6 Å². The average Bonchev–Trinajstić information content (AvgIpc) is 1.25. The summed E-state index contributed by atoms with van der Waals surface area (Å²) < 4.78 is 45.3. The molecule has 0 aliphatic carbocycles. The molecule has 0 aliphatic heterocycles. The van der Waals surface area contributed by atoms with Crippen LogP contribution in [0.2, 0.25) is 0 Å². The fourth-order valence-corrected chi connectivity index (χ4v) is 0. The van der Waals surface area contributed by atoms with Gasteiger partial charge in [-0.25, -0.2) is 0 Å². The van der Waals surface area contributed by atoms with Crippen molar-refractivity contribution in [2.24, 2.45) is 0 Å². The van der Waals surface area contributed by atoms with Crippen LogP contribution in [-0.2, 0) is 0 Å². The maximum Gasteiger partial charge on any atom is 0.363 e. The quantitative estimate of drug-likeness (QED) is 0.444. The largest absolute Gasteiger partial charge is 0.363 e. The molecule has 0 atom stereocenters. The minimum Gasteiger partial charge on any atom is -0.199 e. The SMILES string of the molecule is [CH2]C(F)(F)C(F)(F)Br. The fraction of sp³-hybridized carbons (Fsp3) is 0.667. The van der Waals surface area contributed by atoms with Crippen LogP contribution in [-0.4, -0.2) is 10.8 Å². The first-order valence-corrected chi connectivity index (χ1v) is 2.34. The van der Waals surface area contributed by atoms with Crippen LogP contribution in [0.3, 0.4) is 0 Å². The van der Waals surface area contributed by atoms with E-state index in [0.717, 1.165) is 0 Å². The Kier molecular flexibility index (Phi) is 1.91. The van der Waals surface area contributed by atoms with E-state index in [1.165, 1.54) is 15.9 Å². The van der Waals surface area contributed by atoms with E-state index in [1.807, 2.05) is 6.92 Å². The molecule has 5 heteroatoms. The molecule has 0 bridgehead atoms. The molecule has 1 radical (unpaired) electrons. The zero-order valence-corrected chi connectivity index (χ0v) is 5.18. The summed E-state index contributed by atoms with van der Waals surface area (Å²) in [6.45, 7) is 1.91. The van der Waals surface area contributed by atoms with Crippen molar-refractivity contribution in [3.63, 3.8) is 0 Å². The third-order valence-corrected chi connectivity index (χ3v) is 0.995. The zero-order valence-electron chi connectivity index (χ0n) is 3.60. The monoisotopic (exact) mass is 193 g/mol. The molecule has 0 saturated heterocycles. The molecular weight excluding hydrogens is 192 g/mol. The Morgan fingerprint density at radius 3 is 1.25 bits per heavy atom. The van der Waals surface area contributed by atoms with Gasteiger partial charge < -0.3 is 0 Å². The third kappa shape index (κ3) is 1.98. The minimum atomic E-state index is -4.23. The van der Waals surface area contributed by atoms with Gasteiger partial charge in [-0.15, -0.1) is 0 Å². The summed E-state index contributed by atoms with van der Waals surface area (Å²) in [5, 5.41) is 0. The molecule has 49 valence electrons. The molecule has 0 rings (SSSR count). The molecule has 0 heterocycles. The highest BCUT2D eigenvalue weighted by Gasteiger charge is 2.49. The van der Waals surface area contributed by atoms with E-state index < -0.39 is 10.8 Å². The Bertz CT molecular complexity index is 66.3. The summed E-state index contributed by atoms with van der Waals surface area (Å²) in [6.07, 6.45) is 0. The lowest BCUT2D eigenvalue weighted by Gasteiger charge is -2.14. The highest BCUT2D eigenvalue weighted by Crippen LogP contribution is 2.38. The van der Waals surface area contributed by atoms with Gasteiger partial charge in [0, 0.05) is 6.92 Å². The van der Waals surface area contributed by atoms with Crippen molar-refractivity contribution in [3.8, 4) is 0 Å². The van der Waals surface area contributed by atoms with E-state index >= 15 is 0 Å². The Hall–Kier alpha value is 0.200. The second-order valence-corrected chi connectivity index (χ2v) is 2.20. The maximum absolute atomic E-state index is 11.3. The van der Waals surface area contributed by atoms with Crippen LogP contribution in [0.25, 0.3) is 0 Å². The van der Waals surface area contributed by atoms with Gasteiger partial charge in [-0.2, -0.15) is 17.6 Å². The fourth-order valence-electron chi connectivity index (χ4n) is 0. The molecule has 0 aromatic rings. The van der Waals surface area contributed by atoms with E-state index in [2.05, 4.69) is 0 Å². The van der Waals surface area contributed by atoms with Crippen molar-refractivity contribution in [2.75, 3.05) is 0 Å². The lowest BCUT2D eigenvalue weighted by Crippen LogP contribution is -2.31. The normalized spacial score (nSPS) is 14.2. The maximum atomic E-state index is 11.3. The van der Waals surface area contributed by atoms with E-state index in [1.54, 1.807) is 0 Å². The first-order chi connectivity index (χ1) is 3.25. The Morgan fingerprint density at radius 2 is 1.25 bits per heavy atom. The van der Waals surface area contributed by atoms with Crippen molar-refractivity contribution in [2.45, 2.75) is 10.8 Å². The number of rotatable bonds is 1. The van der Waals surface area contributed by atoms with Crippen molar-refractivity contribution in [1.29, 1.82) is 0 Å². The smallest absolute Gasteiger partial charge is 0.199 e. The molecule has 0 saturated carbocycles. The molecule has 0 amide bonds. The second-order valence-electron chi connectivity index (χ2n) is 1.20. The van der Waals surface area contributed by atoms with E-state index in [0.29, 0.717) is 0 Å². The summed E-state index contributed by atoms with van der Waals surface area (Å²) in [5.74, 6) is -4.23. The number of hydrogen-bond acceptors (Lipinski definition) is 0. The van der Waals surface area contributed by atoms with E-state index in [4.69, 9.17) is 0 Å². The molecule has 0 unspecified atom stereocenters. The van der Waals surface area contributed by atoms with Crippen LogP contribution in [0.1, 0.15) is 0 Å². The first kappa shape index (κ1) is 8.20. The zero-order chi connectivity index (χ0) is 7.00. The molecule has 8 heavy (non-hydrogen) atoms. The minimum absolute atomic E-state index is 1.45. The molecule has 0 N–H and O–H groups in total. The first-order valence-electron chi connectivity index (χ1n) is 1.55. The van der Waals surface area contributed by atoms with Gasteiger partial charge in [0.15, 0.2) is 0 Å². The van der Waals surface area contributed by atoms with Gasteiger partial charge in [-0.1, -0.05) is 0 Å². The Morgan fingerprint density at radius 1 is 1.12 bits per heavy atom. The second kappa shape index (κ2) is 1.86. The van der Waals surface area contributed by atoms with Crippen LogP contribution < -0.4 is 0 Å². The van der Waals surface area contributed by atoms with Gasteiger partial charge in [0.2, 0.25) is 0 Å². The summed E-state index contributed by atoms with van der Waals surface area (Å²) in [5.41, 5.74) is 0. The summed E-state index contributed by atoms with van der Waals surface area (Å²) in [4.78, 5) is -4.19. The van der Waals surface area contributed by atoms with Gasteiger partial charge in [-0.3, -0.25) is 0 Å². The molecule has 0 aromatic heterocycles. The summed E-state index contributed by atoms with van der Waals surface area (Å²) in [6, 6.07) is 0. The van der Waals surface area contributed by atoms with Crippen molar-refractivity contribution in [1.82, 2.24) is 0 Å². The van der Waals surface area contributed by atoms with Gasteiger partial charge in [0.25, 0.3) is 0 Å². The molecule has 0 aliphatic rings. The predicted octanol–water partition coefficient (Wildman–Crippen LogP) is 2.44. The van der Waals surface area contributed by atoms with Crippen LogP contribution >= 0.6 is 15.9 Å². The van der Waals surface area contributed by atoms with E-state index in [9.17, 15) is 17.6 Å². The Labute approximate surface area is 52.0 Å². The topological polar surface area (TPSA) is 0 Å². The highest BCUT2D eigenvalue weighted by atomic mass is 79.9. The average molecular weight is 194 g/mol. The molecule has 0 fully saturated rings. The number of hydrogen-bond donors (Lipinski definition) is 0. The van der Waals surface area contributed by atoms with Crippen molar-refractivity contribution in [3.05, 3.63) is 6.92 Å². The predicted molar refractivity (Wildman–Crippen MR) is 24.2 cm³/mol. The molecular formula is C3H2BrF4. The number of alkyl halides is 5. The van der Waals surface area contributed by atoms with Gasteiger partial charge in [0.05, 0.1) is 0 Å². The standard InChI is InChI=1S/C3H2BrF4/c1-2(5,6)3(4,7)8/h1H2. The molecule has 0 spiro atoms. The Balaban J connectivity index is 4.02. The summed E-state index contributed by atoms with van der Waals surface area (Å²) in [7, 11) is 0. The van der Waals surface area contributed by atoms with Crippen molar-refractivity contribution < 1.29 is 17.6 Å². The van der Waals surface area contributed by atoms with Gasteiger partial charge >= 0.3 is 10.8 Å². The lowest BCUT2D eigenvalue weighted by molar-refractivity contribution is -0.113. The van der Waals surface area contributed by atoms with E-state index in [-0.39, 0.29) is 0 Å². The highest BCUT2D eigenvalue weighted by molar-refractivity contribution is 9.10. The lowest BCUT2D eigenvalue weighted by atomic mass is 10.4. The molecule has 0 aromatic carbocycles. The molecule has 0 nitrogen and oxygen atoms in total. The van der Waals surface area contributed by atoms with Gasteiger partial charge in [-0.05, 0) is 15.9 Å². The van der Waals surface area contributed by atoms with Gasteiger partial charge in [0.1, 0.15) is 0 Å². The van der Waals surface area contributed by atoms with Crippen LogP contribution in [0.5, 0.6) is 0 Å². The van der Waals surface area contributed by atoms with Crippen LogP contribution in [0.15, 0.2) is 0 Å².